The molecule has 0 unspecified atom stereocenters. The Morgan fingerprint density at radius 2 is 1.79 bits per heavy atom. The normalized spacial score (nSPS) is 23.1. The molecule has 170 valence electrons. The van der Waals surface area contributed by atoms with Gasteiger partial charge in [0.2, 0.25) is 0 Å². The van der Waals surface area contributed by atoms with Gasteiger partial charge in [0.15, 0.2) is 5.41 Å². The molecule has 0 saturated heterocycles. The Morgan fingerprint density at radius 3 is 2.44 bits per heavy atom. The second-order valence-corrected chi connectivity index (χ2v) is 11.1. The molecule has 4 rings (SSSR count). The highest BCUT2D eigenvalue weighted by Gasteiger charge is 2.57. The number of thioether (sulfide) groups is 1. The van der Waals surface area contributed by atoms with Crippen molar-refractivity contribution in [3.63, 3.8) is 0 Å². The summed E-state index contributed by atoms with van der Waals surface area (Å²) in [5.74, 6) is -0.562. The van der Waals surface area contributed by atoms with E-state index in [9.17, 15) is 15.8 Å². The first kappa shape index (κ1) is 24.3. The summed E-state index contributed by atoms with van der Waals surface area (Å²) in [6, 6.07) is 19.2. The quantitative estimate of drug-likeness (QED) is 0.330. The first-order chi connectivity index (χ1) is 16.4. The Kier molecular flexibility index (Phi) is 6.99. The summed E-state index contributed by atoms with van der Waals surface area (Å²) < 4.78 is 1.04. The van der Waals surface area contributed by atoms with Gasteiger partial charge in [-0.15, -0.1) is 11.8 Å². The number of halogens is 1. The van der Waals surface area contributed by atoms with Crippen molar-refractivity contribution in [2.45, 2.75) is 49.7 Å². The number of benzene rings is 2. The van der Waals surface area contributed by atoms with E-state index in [1.807, 2.05) is 19.1 Å². The fourth-order valence-corrected chi connectivity index (χ4v) is 6.68. The van der Waals surface area contributed by atoms with Crippen molar-refractivity contribution < 1.29 is 0 Å². The third kappa shape index (κ3) is 4.09. The van der Waals surface area contributed by atoms with Gasteiger partial charge in [0, 0.05) is 21.0 Å². The van der Waals surface area contributed by atoms with Crippen LogP contribution in [0.2, 0.25) is 0 Å². The van der Waals surface area contributed by atoms with Crippen LogP contribution in [-0.2, 0) is 5.75 Å². The summed E-state index contributed by atoms with van der Waals surface area (Å²) in [6.45, 7) is 4.12. The largest absolute Gasteiger partial charge is 0.305 e. The fourth-order valence-electron chi connectivity index (χ4n) is 5.45. The smallest absolute Gasteiger partial charge is 0.189 e. The number of hydrogen-bond donors (Lipinski definition) is 1. The lowest BCUT2D eigenvalue weighted by molar-refractivity contribution is 0.319. The van der Waals surface area contributed by atoms with E-state index >= 15 is 0 Å². The van der Waals surface area contributed by atoms with Crippen molar-refractivity contribution in [1.82, 2.24) is 0 Å². The number of nitrogens with zero attached hydrogens (tertiary/aromatic N) is 3. The minimum absolute atomic E-state index is 0.0693. The predicted octanol–water partition coefficient (Wildman–Crippen LogP) is 7.38. The van der Waals surface area contributed by atoms with Gasteiger partial charge in [-0.2, -0.15) is 15.8 Å². The molecule has 1 saturated carbocycles. The zero-order valence-corrected chi connectivity index (χ0v) is 21.6. The van der Waals surface area contributed by atoms with Crippen molar-refractivity contribution in [2.24, 2.45) is 17.3 Å². The molecule has 0 amide bonds. The van der Waals surface area contributed by atoms with Crippen molar-refractivity contribution in [3.8, 4) is 18.2 Å². The van der Waals surface area contributed by atoms with Crippen LogP contribution in [0, 0.1) is 70.5 Å². The maximum absolute atomic E-state index is 10.3. The number of rotatable bonds is 4. The van der Waals surface area contributed by atoms with Crippen LogP contribution < -0.4 is 0 Å². The number of aryl methyl sites for hydroxylation is 2. The van der Waals surface area contributed by atoms with Gasteiger partial charge in [0.05, 0.1) is 23.9 Å². The highest BCUT2D eigenvalue weighted by atomic mass is 79.9. The van der Waals surface area contributed by atoms with E-state index in [1.54, 1.807) is 11.8 Å². The van der Waals surface area contributed by atoms with Gasteiger partial charge in [-0.05, 0) is 91.1 Å². The summed E-state index contributed by atoms with van der Waals surface area (Å²) in [4.78, 5) is 1.17. The first-order valence-electron chi connectivity index (χ1n) is 11.4. The molecular weight excluding hydrogens is 504 g/mol. The molecule has 0 heterocycles. The summed E-state index contributed by atoms with van der Waals surface area (Å²) in [6.07, 6.45) is 4.73. The minimum Gasteiger partial charge on any atom is -0.305 e. The van der Waals surface area contributed by atoms with Gasteiger partial charge < -0.3 is 5.41 Å². The van der Waals surface area contributed by atoms with Crippen molar-refractivity contribution in [3.05, 3.63) is 74.8 Å². The SMILES string of the molecule is Cc1cc(C)c([C@@H]2[C@H]3CCCC=C3[C@H](C#N)C(=N)C2(C#N)C#N)cc1CSc1ccc(Br)cc1. The Morgan fingerprint density at radius 1 is 1.09 bits per heavy atom. The van der Waals surface area contributed by atoms with Crippen molar-refractivity contribution >= 4 is 33.4 Å². The van der Waals surface area contributed by atoms with E-state index < -0.39 is 17.3 Å². The molecule has 0 radical (unpaired) electrons. The molecule has 0 bridgehead atoms. The molecule has 0 aromatic heterocycles. The summed E-state index contributed by atoms with van der Waals surface area (Å²) >= 11 is 5.23. The van der Waals surface area contributed by atoms with Crippen molar-refractivity contribution in [2.75, 3.05) is 0 Å². The van der Waals surface area contributed by atoms with E-state index in [1.165, 1.54) is 10.5 Å². The lowest BCUT2D eigenvalue weighted by atomic mass is 9.52. The van der Waals surface area contributed by atoms with E-state index in [-0.39, 0.29) is 11.6 Å². The lowest BCUT2D eigenvalue weighted by Gasteiger charge is -2.46. The number of nitriles is 3. The maximum atomic E-state index is 10.3. The highest BCUT2D eigenvalue weighted by molar-refractivity contribution is 9.10. The van der Waals surface area contributed by atoms with Crippen LogP contribution in [0.4, 0.5) is 0 Å². The highest BCUT2D eigenvalue weighted by Crippen LogP contribution is 2.56. The van der Waals surface area contributed by atoms with E-state index in [4.69, 9.17) is 5.41 Å². The van der Waals surface area contributed by atoms with Crippen LogP contribution in [0.3, 0.4) is 0 Å². The zero-order valence-electron chi connectivity index (χ0n) is 19.2. The van der Waals surface area contributed by atoms with Crippen LogP contribution in [0.15, 0.2) is 57.4 Å². The predicted molar refractivity (Wildman–Crippen MR) is 138 cm³/mol. The molecule has 34 heavy (non-hydrogen) atoms. The molecule has 0 spiro atoms. The number of hydrogen-bond acceptors (Lipinski definition) is 5. The molecule has 2 aliphatic carbocycles. The lowest BCUT2D eigenvalue weighted by Crippen LogP contribution is -2.49. The molecule has 4 nitrogen and oxygen atoms in total. The molecule has 2 aromatic carbocycles. The summed E-state index contributed by atoms with van der Waals surface area (Å²) in [7, 11) is 0. The van der Waals surface area contributed by atoms with E-state index in [2.05, 4.69) is 71.4 Å². The van der Waals surface area contributed by atoms with Gasteiger partial charge >= 0.3 is 0 Å². The van der Waals surface area contributed by atoms with Crippen LogP contribution in [0.5, 0.6) is 0 Å². The Bertz CT molecular complexity index is 1280. The van der Waals surface area contributed by atoms with E-state index in [0.29, 0.717) is 0 Å². The van der Waals surface area contributed by atoms with Crippen LogP contribution in [-0.4, -0.2) is 5.71 Å². The molecule has 2 aliphatic rings. The fraction of sp³-hybridized carbons (Fsp3) is 0.357. The summed E-state index contributed by atoms with van der Waals surface area (Å²) in [5, 5.41) is 39.2. The monoisotopic (exact) mass is 528 g/mol. The van der Waals surface area contributed by atoms with Gasteiger partial charge in [0.25, 0.3) is 0 Å². The Balaban J connectivity index is 1.81. The van der Waals surface area contributed by atoms with Crippen LogP contribution in [0.1, 0.15) is 47.4 Å². The average Bonchev–Trinajstić information content (AvgIpc) is 2.84. The molecule has 6 heteroatoms. The van der Waals surface area contributed by atoms with Gasteiger partial charge in [0.1, 0.15) is 5.92 Å². The zero-order chi connectivity index (χ0) is 24.5. The molecular formula is C28H25BrN4S. The van der Waals surface area contributed by atoms with Gasteiger partial charge in [-0.25, -0.2) is 0 Å². The number of fused-ring (bicyclic) bond motifs is 1. The van der Waals surface area contributed by atoms with Crippen molar-refractivity contribution in [1.29, 1.82) is 21.2 Å². The minimum atomic E-state index is -1.64. The Labute approximate surface area is 213 Å². The van der Waals surface area contributed by atoms with Crippen LogP contribution >= 0.6 is 27.7 Å². The number of allylic oxidation sites excluding steroid dienone is 2. The standard InChI is InChI=1S/C28H25BrN4S/c1-17-11-18(2)24(12-19(17)14-34-21-9-7-20(29)8-10-21)26-23-6-4-3-5-22(23)25(13-30)27(33)28(26,15-31)16-32/h5,7-12,23,25-26,33H,3-4,6,14H2,1-2H3/t23-,25-,26-/m0/s1. The molecule has 0 aliphatic heterocycles. The number of nitrogens with one attached hydrogen (secondary N) is 1. The third-order valence-corrected chi connectivity index (χ3v) is 8.78. The summed E-state index contributed by atoms with van der Waals surface area (Å²) in [5.41, 5.74) is 3.53. The molecule has 3 atom stereocenters. The molecule has 2 aromatic rings. The average molecular weight is 530 g/mol. The van der Waals surface area contributed by atoms with Gasteiger partial charge in [-0.1, -0.05) is 34.1 Å². The van der Waals surface area contributed by atoms with Crippen LogP contribution in [0.25, 0.3) is 0 Å². The van der Waals surface area contributed by atoms with E-state index in [0.717, 1.165) is 51.8 Å². The second kappa shape index (κ2) is 9.79. The van der Waals surface area contributed by atoms with Gasteiger partial charge in [-0.3, -0.25) is 0 Å². The Hall–Kier alpha value is -2.85. The maximum Gasteiger partial charge on any atom is 0.189 e. The third-order valence-electron chi connectivity index (χ3n) is 7.19. The molecule has 1 N–H and O–H groups in total. The topological polar surface area (TPSA) is 95.2 Å². The second-order valence-electron chi connectivity index (χ2n) is 9.10. The molecule has 1 fully saturated rings. The first-order valence-corrected chi connectivity index (χ1v) is 13.1.